The zero-order valence-corrected chi connectivity index (χ0v) is 32.2. The Balaban J connectivity index is 1.41. The average Bonchev–Trinajstić information content (AvgIpc) is 3.22. The van der Waals surface area contributed by atoms with Crippen molar-refractivity contribution in [3.63, 3.8) is 0 Å². The van der Waals surface area contributed by atoms with Gasteiger partial charge in [-0.25, -0.2) is 14.4 Å². The van der Waals surface area contributed by atoms with Gasteiger partial charge in [0.1, 0.15) is 11.9 Å². The first-order chi connectivity index (χ1) is 26.6. The highest BCUT2D eigenvalue weighted by molar-refractivity contribution is 14.1. The van der Waals surface area contributed by atoms with Gasteiger partial charge >= 0.3 is 17.9 Å². The van der Waals surface area contributed by atoms with Gasteiger partial charge in [0, 0.05) is 3.57 Å². The van der Waals surface area contributed by atoms with Gasteiger partial charge in [0.2, 0.25) is 0 Å². The fraction of sp³-hybridized carbons (Fsp3) is 0.195. The average molecular weight is 879 g/mol. The third-order valence-electron chi connectivity index (χ3n) is 8.41. The molecule has 0 radical (unpaired) electrons. The first-order valence-electron chi connectivity index (χ1n) is 16.9. The summed E-state index contributed by atoms with van der Waals surface area (Å²) in [5.74, 6) is -1.92. The number of halogens is 1. The summed E-state index contributed by atoms with van der Waals surface area (Å²) in [7, 11) is -2.85. The molecule has 5 atom stereocenters. The topological polar surface area (TPSA) is 150 Å². The minimum absolute atomic E-state index is 0.101. The molecule has 1 saturated heterocycles. The van der Waals surface area contributed by atoms with Gasteiger partial charge in [-0.3, -0.25) is 4.18 Å². The van der Waals surface area contributed by atoms with Gasteiger partial charge in [-0.15, -0.1) is 0 Å². The van der Waals surface area contributed by atoms with E-state index < -0.39 is 65.3 Å². The molecule has 0 bridgehead atoms. The lowest BCUT2D eigenvalue weighted by Crippen LogP contribution is -2.63. The van der Waals surface area contributed by atoms with E-state index in [9.17, 15) is 22.8 Å². The smallest absolute Gasteiger partial charge is 0.338 e. The molecule has 0 saturated carbocycles. The molecule has 0 aliphatic carbocycles. The van der Waals surface area contributed by atoms with Crippen LogP contribution in [0.1, 0.15) is 36.6 Å². The third kappa shape index (κ3) is 10.3. The maximum Gasteiger partial charge on any atom is 0.338 e. The first-order valence-corrected chi connectivity index (χ1v) is 19.4. The second-order valence-electron chi connectivity index (χ2n) is 12.1. The van der Waals surface area contributed by atoms with Crippen LogP contribution in [-0.4, -0.2) is 70.7 Å². The Morgan fingerprint density at radius 1 is 0.618 bits per heavy atom. The Morgan fingerprint density at radius 3 is 1.58 bits per heavy atom. The van der Waals surface area contributed by atoms with Crippen molar-refractivity contribution in [2.24, 2.45) is 0 Å². The van der Waals surface area contributed by atoms with Crippen molar-refractivity contribution >= 4 is 50.6 Å². The van der Waals surface area contributed by atoms with Gasteiger partial charge in [0.25, 0.3) is 10.1 Å². The molecule has 0 aromatic heterocycles. The Morgan fingerprint density at radius 2 is 1.09 bits per heavy atom. The van der Waals surface area contributed by atoms with Gasteiger partial charge in [0.05, 0.1) is 41.9 Å². The van der Waals surface area contributed by atoms with Crippen LogP contribution < -0.4 is 4.74 Å². The molecule has 5 aromatic carbocycles. The van der Waals surface area contributed by atoms with E-state index in [1.165, 1.54) is 55.6 Å². The van der Waals surface area contributed by atoms with E-state index in [1.54, 1.807) is 91.0 Å². The van der Waals surface area contributed by atoms with E-state index in [0.717, 1.165) is 3.57 Å². The lowest BCUT2D eigenvalue weighted by molar-refractivity contribution is -0.300. The summed E-state index contributed by atoms with van der Waals surface area (Å²) in [5, 5.41) is 0. The number of rotatable bonds is 14. The second kappa shape index (κ2) is 18.5. The molecule has 1 aliphatic heterocycles. The zero-order valence-electron chi connectivity index (χ0n) is 29.3. The van der Waals surface area contributed by atoms with Crippen molar-refractivity contribution in [1.82, 2.24) is 0 Å². The minimum atomic E-state index is -4.38. The van der Waals surface area contributed by atoms with Crippen LogP contribution >= 0.6 is 22.6 Å². The standard InChI is InChI=1S/C41H35IO12S/c1-48-32-21-17-27(18-22-32)25-49-41-37(54-40(45)30-15-9-4-10-16-30)36(53-39(44)29-13-7-3-8-14-29)35(52-38(43)28-11-5-2-6-12-28)34(51-41)26-50-55(46,47)33-23-19-31(42)20-24-33/h2-24,34-37,41H,25-26H2,1H3/t34-,35-,36+,37-,41-/m1/s1. The lowest BCUT2D eigenvalue weighted by atomic mass is 9.97. The number of carbonyl (C=O) groups excluding carboxylic acids is 3. The largest absolute Gasteiger partial charge is 0.497 e. The maximum atomic E-state index is 13.8. The molecule has 6 rings (SSSR count). The van der Waals surface area contributed by atoms with Crippen LogP contribution in [0, 0.1) is 3.57 Å². The van der Waals surface area contributed by atoms with Crippen molar-refractivity contribution in [1.29, 1.82) is 0 Å². The summed E-state index contributed by atoms with van der Waals surface area (Å²) in [6, 6.07) is 37.0. The van der Waals surface area contributed by atoms with Crippen LogP contribution in [0.2, 0.25) is 0 Å². The fourth-order valence-electron chi connectivity index (χ4n) is 5.57. The number of esters is 3. The van der Waals surface area contributed by atoms with Crippen LogP contribution in [0.25, 0.3) is 0 Å². The lowest BCUT2D eigenvalue weighted by Gasteiger charge is -2.44. The molecule has 284 valence electrons. The summed E-state index contributed by atoms with van der Waals surface area (Å²) in [6.07, 6.45) is -7.73. The maximum absolute atomic E-state index is 13.8. The predicted molar refractivity (Wildman–Crippen MR) is 206 cm³/mol. The predicted octanol–water partition coefficient (Wildman–Crippen LogP) is 6.62. The van der Waals surface area contributed by atoms with Gasteiger partial charge < -0.3 is 28.4 Å². The van der Waals surface area contributed by atoms with Crippen LogP contribution in [0.15, 0.2) is 144 Å². The number of ether oxygens (including phenoxy) is 6. The third-order valence-corrected chi connectivity index (χ3v) is 10.4. The Bertz CT molecular complexity index is 2150. The van der Waals surface area contributed by atoms with E-state index in [2.05, 4.69) is 0 Å². The van der Waals surface area contributed by atoms with E-state index in [0.29, 0.717) is 11.3 Å². The summed E-state index contributed by atoms with van der Waals surface area (Å²) >= 11 is 2.05. The van der Waals surface area contributed by atoms with Crippen molar-refractivity contribution in [2.75, 3.05) is 13.7 Å². The molecule has 14 heteroatoms. The SMILES string of the molecule is COc1ccc(CO[C@@H]2O[C@H](COS(=O)(=O)c3ccc(I)cc3)[C@@H](OC(=O)c3ccccc3)[C@H](OC(=O)c3ccccc3)[C@H]2OC(=O)c2ccccc2)cc1. The van der Waals surface area contributed by atoms with Gasteiger partial charge in [-0.2, -0.15) is 8.42 Å². The second-order valence-corrected chi connectivity index (χ2v) is 15.0. The summed E-state index contributed by atoms with van der Waals surface area (Å²) in [5.41, 5.74) is 1.11. The summed E-state index contributed by atoms with van der Waals surface area (Å²) < 4.78 is 69.0. The molecule has 1 fully saturated rings. The van der Waals surface area contributed by atoms with Crippen molar-refractivity contribution in [3.05, 3.63) is 165 Å². The first kappa shape index (κ1) is 39.6. The molecular weight excluding hydrogens is 843 g/mol. The molecule has 1 heterocycles. The number of carbonyl (C=O) groups is 3. The monoisotopic (exact) mass is 878 g/mol. The Labute approximate surface area is 331 Å². The quantitative estimate of drug-likeness (QED) is 0.0511. The molecule has 0 spiro atoms. The highest BCUT2D eigenvalue weighted by atomic mass is 127. The van der Waals surface area contributed by atoms with Crippen molar-refractivity contribution < 1.29 is 55.4 Å². The van der Waals surface area contributed by atoms with Gasteiger partial charge in [-0.1, -0.05) is 66.7 Å². The number of hydrogen-bond donors (Lipinski definition) is 0. The van der Waals surface area contributed by atoms with E-state index in [1.807, 2.05) is 22.6 Å². The molecule has 12 nitrogen and oxygen atoms in total. The molecule has 1 aliphatic rings. The van der Waals surface area contributed by atoms with Crippen molar-refractivity contribution in [2.45, 2.75) is 42.2 Å². The minimum Gasteiger partial charge on any atom is -0.497 e. The molecule has 0 unspecified atom stereocenters. The van der Waals surface area contributed by atoms with Crippen LogP contribution in [-0.2, 0) is 44.6 Å². The molecule has 0 amide bonds. The highest BCUT2D eigenvalue weighted by Gasteiger charge is 2.53. The van der Waals surface area contributed by atoms with E-state index >= 15 is 0 Å². The Hall–Kier alpha value is -5.13. The summed E-state index contributed by atoms with van der Waals surface area (Å²) in [6.45, 7) is -0.821. The van der Waals surface area contributed by atoms with Crippen LogP contribution in [0.4, 0.5) is 0 Å². The number of benzene rings is 5. The molecule has 5 aromatic rings. The number of methoxy groups -OCH3 is 1. The van der Waals surface area contributed by atoms with Crippen LogP contribution in [0.5, 0.6) is 5.75 Å². The van der Waals surface area contributed by atoms with Gasteiger partial charge in [0.15, 0.2) is 24.6 Å². The van der Waals surface area contributed by atoms with Crippen molar-refractivity contribution in [3.8, 4) is 5.75 Å². The number of hydrogen-bond acceptors (Lipinski definition) is 12. The summed E-state index contributed by atoms with van der Waals surface area (Å²) in [4.78, 5) is 41.0. The van der Waals surface area contributed by atoms with E-state index in [4.69, 9.17) is 32.6 Å². The molecule has 0 N–H and O–H groups in total. The van der Waals surface area contributed by atoms with Crippen LogP contribution in [0.3, 0.4) is 0 Å². The highest BCUT2D eigenvalue weighted by Crippen LogP contribution is 2.33. The molecular formula is C41H35IO12S. The van der Waals surface area contributed by atoms with E-state index in [-0.39, 0.29) is 28.2 Å². The normalized spacial score (nSPS) is 19.5. The zero-order chi connectivity index (χ0) is 38.8. The Kier molecular flexibility index (Phi) is 13.3. The van der Waals surface area contributed by atoms with Gasteiger partial charge in [-0.05, 0) is 101 Å². The fourth-order valence-corrected chi connectivity index (χ4v) is 6.85. The molecule has 55 heavy (non-hydrogen) atoms.